The Morgan fingerprint density at radius 1 is 1.50 bits per heavy atom. The van der Waals surface area contributed by atoms with E-state index in [2.05, 4.69) is 15.3 Å². The van der Waals surface area contributed by atoms with Gasteiger partial charge in [-0.05, 0) is 27.2 Å². The zero-order chi connectivity index (χ0) is 15.3. The van der Waals surface area contributed by atoms with Gasteiger partial charge in [-0.25, -0.2) is 14.6 Å². The van der Waals surface area contributed by atoms with Gasteiger partial charge in [-0.15, -0.1) is 0 Å². The van der Waals surface area contributed by atoms with Crippen molar-refractivity contribution in [1.29, 1.82) is 0 Å². The number of H-pyrrole nitrogens is 1. The molecule has 1 aromatic rings. The minimum atomic E-state index is -1.26. The van der Waals surface area contributed by atoms with Gasteiger partial charge in [0.05, 0.1) is 6.04 Å². The molecule has 0 aromatic carbocycles. The summed E-state index contributed by atoms with van der Waals surface area (Å²) in [7, 11) is 0. The molecule has 2 amide bonds. The molecule has 1 heterocycles. The number of likely N-dealkylation sites (N-methyl/N-ethyl adjacent to an activating group) is 1. The summed E-state index contributed by atoms with van der Waals surface area (Å²) in [5.41, 5.74) is -1.26. The molecule has 0 spiro atoms. The highest BCUT2D eigenvalue weighted by Crippen LogP contribution is 2.17. The number of hydrogen-bond acceptors (Lipinski definition) is 3. The summed E-state index contributed by atoms with van der Waals surface area (Å²) in [5.74, 6) is -0.384. The predicted octanol–water partition coefficient (Wildman–Crippen LogP) is 1.76. The van der Waals surface area contributed by atoms with Crippen LogP contribution in [0.5, 0.6) is 0 Å². The molecule has 7 heteroatoms. The standard InChI is InChI=1S/C13H22N4O3/c1-5-9(10-14-7-8-15-10)16-12(20)17(6-2)13(3,4)11(18)19/h7-9H,5-6H2,1-4H3,(H,14,15)(H,16,20)(H,18,19). The number of urea groups is 1. The molecule has 0 aliphatic rings. The van der Waals surface area contributed by atoms with Crippen molar-refractivity contribution < 1.29 is 14.7 Å². The number of imidazole rings is 1. The molecule has 1 aromatic heterocycles. The summed E-state index contributed by atoms with van der Waals surface area (Å²) in [4.78, 5) is 31.9. The van der Waals surface area contributed by atoms with Crippen molar-refractivity contribution in [2.75, 3.05) is 6.54 Å². The molecule has 1 rings (SSSR count). The molecule has 1 unspecified atom stereocenters. The summed E-state index contributed by atoms with van der Waals surface area (Å²) in [6.45, 7) is 6.99. The Morgan fingerprint density at radius 2 is 2.15 bits per heavy atom. The zero-order valence-electron chi connectivity index (χ0n) is 12.3. The lowest BCUT2D eigenvalue weighted by Gasteiger charge is -2.35. The van der Waals surface area contributed by atoms with Crippen LogP contribution >= 0.6 is 0 Å². The number of nitrogens with one attached hydrogen (secondary N) is 2. The third-order valence-corrected chi connectivity index (χ3v) is 3.31. The lowest BCUT2D eigenvalue weighted by atomic mass is 10.0. The maximum atomic E-state index is 12.3. The number of aromatic nitrogens is 2. The first-order chi connectivity index (χ1) is 9.34. The number of amides is 2. The van der Waals surface area contributed by atoms with Crippen LogP contribution in [-0.2, 0) is 4.79 Å². The number of hydrogen-bond donors (Lipinski definition) is 3. The third-order valence-electron chi connectivity index (χ3n) is 3.31. The van der Waals surface area contributed by atoms with Gasteiger partial charge in [-0.2, -0.15) is 0 Å². The molecule has 0 fully saturated rings. The summed E-state index contributed by atoms with van der Waals surface area (Å²) in [5, 5.41) is 12.0. The van der Waals surface area contributed by atoms with Gasteiger partial charge in [0.15, 0.2) is 0 Å². The molecule has 20 heavy (non-hydrogen) atoms. The Kier molecular flexibility index (Phi) is 5.12. The minimum Gasteiger partial charge on any atom is -0.480 e. The van der Waals surface area contributed by atoms with Crippen LogP contribution in [-0.4, -0.2) is 44.1 Å². The Bertz CT molecular complexity index is 456. The molecule has 0 aliphatic heterocycles. The SMILES string of the molecule is CCC(NC(=O)N(CC)C(C)(C)C(=O)O)c1ncc[nH]1. The van der Waals surface area contributed by atoms with Crippen molar-refractivity contribution in [3.63, 3.8) is 0 Å². The van der Waals surface area contributed by atoms with E-state index in [4.69, 9.17) is 0 Å². The first-order valence-electron chi connectivity index (χ1n) is 6.65. The van der Waals surface area contributed by atoms with Crippen LogP contribution in [0, 0.1) is 0 Å². The van der Waals surface area contributed by atoms with E-state index in [9.17, 15) is 14.7 Å². The minimum absolute atomic E-state index is 0.267. The van der Waals surface area contributed by atoms with Gasteiger partial charge in [-0.3, -0.25) is 0 Å². The van der Waals surface area contributed by atoms with Crippen molar-refractivity contribution in [3.05, 3.63) is 18.2 Å². The number of aliphatic carboxylic acids is 1. The van der Waals surface area contributed by atoms with Crippen LogP contribution in [0.15, 0.2) is 12.4 Å². The van der Waals surface area contributed by atoms with Crippen LogP contribution < -0.4 is 5.32 Å². The molecule has 0 radical (unpaired) electrons. The van der Waals surface area contributed by atoms with Crippen molar-refractivity contribution in [2.45, 2.75) is 45.7 Å². The van der Waals surface area contributed by atoms with Crippen molar-refractivity contribution in [2.24, 2.45) is 0 Å². The molecule has 0 bridgehead atoms. The fourth-order valence-electron chi connectivity index (χ4n) is 1.97. The second-order valence-corrected chi connectivity index (χ2v) is 4.99. The Morgan fingerprint density at radius 3 is 2.55 bits per heavy atom. The van der Waals surface area contributed by atoms with E-state index >= 15 is 0 Å². The molecule has 0 aliphatic carbocycles. The number of rotatable bonds is 6. The molecular weight excluding hydrogens is 260 g/mol. The Hall–Kier alpha value is -2.05. The van der Waals surface area contributed by atoms with Crippen LogP contribution in [0.25, 0.3) is 0 Å². The number of aromatic amines is 1. The highest BCUT2D eigenvalue weighted by Gasteiger charge is 2.37. The van der Waals surface area contributed by atoms with Crippen molar-refractivity contribution >= 4 is 12.0 Å². The first kappa shape index (κ1) is 16.0. The van der Waals surface area contributed by atoms with Crippen LogP contribution in [0.1, 0.15) is 46.0 Å². The molecular formula is C13H22N4O3. The highest BCUT2D eigenvalue weighted by atomic mass is 16.4. The average Bonchev–Trinajstić information content (AvgIpc) is 2.89. The highest BCUT2D eigenvalue weighted by molar-refractivity contribution is 5.85. The monoisotopic (exact) mass is 282 g/mol. The van der Waals surface area contributed by atoms with Gasteiger partial charge in [0, 0.05) is 18.9 Å². The lowest BCUT2D eigenvalue weighted by molar-refractivity contribution is -0.147. The second-order valence-electron chi connectivity index (χ2n) is 4.99. The lowest BCUT2D eigenvalue weighted by Crippen LogP contribution is -2.56. The molecule has 112 valence electrons. The molecule has 0 saturated heterocycles. The van der Waals surface area contributed by atoms with Gasteiger partial charge in [-0.1, -0.05) is 6.92 Å². The predicted molar refractivity (Wildman–Crippen MR) is 74.2 cm³/mol. The van der Waals surface area contributed by atoms with E-state index in [-0.39, 0.29) is 6.04 Å². The van der Waals surface area contributed by atoms with E-state index in [1.54, 1.807) is 19.3 Å². The van der Waals surface area contributed by atoms with Gasteiger partial charge in [0.1, 0.15) is 11.4 Å². The number of carboxylic acids is 1. The zero-order valence-corrected chi connectivity index (χ0v) is 12.3. The fourth-order valence-corrected chi connectivity index (χ4v) is 1.97. The molecule has 0 saturated carbocycles. The summed E-state index contributed by atoms with van der Waals surface area (Å²) < 4.78 is 0. The van der Waals surface area contributed by atoms with E-state index in [1.807, 2.05) is 6.92 Å². The fraction of sp³-hybridized carbons (Fsp3) is 0.615. The largest absolute Gasteiger partial charge is 0.480 e. The summed E-state index contributed by atoms with van der Waals surface area (Å²) in [6, 6.07) is -0.681. The number of carboxylic acid groups (broad SMARTS) is 1. The summed E-state index contributed by atoms with van der Waals surface area (Å²) >= 11 is 0. The van der Waals surface area contributed by atoms with Gasteiger partial charge >= 0.3 is 12.0 Å². The quantitative estimate of drug-likeness (QED) is 0.740. The topological polar surface area (TPSA) is 98.3 Å². The smallest absolute Gasteiger partial charge is 0.329 e. The Balaban J connectivity index is 2.85. The van der Waals surface area contributed by atoms with E-state index in [0.29, 0.717) is 18.8 Å². The molecule has 1 atom stereocenters. The third kappa shape index (κ3) is 3.28. The van der Waals surface area contributed by atoms with Crippen molar-refractivity contribution in [3.8, 4) is 0 Å². The molecule has 7 nitrogen and oxygen atoms in total. The van der Waals surface area contributed by atoms with E-state index in [1.165, 1.54) is 18.7 Å². The second kappa shape index (κ2) is 6.40. The summed E-state index contributed by atoms with van der Waals surface area (Å²) in [6.07, 6.45) is 3.95. The number of carbonyl (C=O) groups is 2. The maximum Gasteiger partial charge on any atom is 0.329 e. The normalized spacial score (nSPS) is 12.8. The van der Waals surface area contributed by atoms with Crippen LogP contribution in [0.3, 0.4) is 0 Å². The van der Waals surface area contributed by atoms with Crippen LogP contribution in [0.4, 0.5) is 4.79 Å². The molecule has 3 N–H and O–H groups in total. The van der Waals surface area contributed by atoms with E-state index in [0.717, 1.165) is 0 Å². The first-order valence-corrected chi connectivity index (χ1v) is 6.65. The van der Waals surface area contributed by atoms with Crippen molar-refractivity contribution in [1.82, 2.24) is 20.2 Å². The number of carbonyl (C=O) groups excluding carboxylic acids is 1. The number of nitrogens with zero attached hydrogens (tertiary/aromatic N) is 2. The van der Waals surface area contributed by atoms with Crippen LogP contribution in [0.2, 0.25) is 0 Å². The van der Waals surface area contributed by atoms with Gasteiger partial charge in [0.25, 0.3) is 0 Å². The average molecular weight is 282 g/mol. The van der Waals surface area contributed by atoms with Gasteiger partial charge in [0.2, 0.25) is 0 Å². The maximum absolute atomic E-state index is 12.3. The van der Waals surface area contributed by atoms with E-state index < -0.39 is 17.5 Å². The Labute approximate surface area is 118 Å². The van der Waals surface area contributed by atoms with Gasteiger partial charge < -0.3 is 20.3 Å².